The minimum Gasteiger partial charge on any atom is -0.381 e. The number of rotatable bonds is 5. The number of likely N-dealkylation sites (tertiary alicyclic amines) is 1. The number of carbonyl (C=O) groups is 1. The molecule has 2 aliphatic rings. The molecule has 0 bridgehead atoms. The molecule has 2 N–H and O–H groups in total. The predicted molar refractivity (Wildman–Crippen MR) is 104 cm³/mol. The quantitative estimate of drug-likeness (QED) is 0.479. The van der Waals surface area contributed by atoms with E-state index in [2.05, 4.69) is 22.5 Å². The van der Waals surface area contributed by atoms with E-state index in [1.165, 1.54) is 6.42 Å². The van der Waals surface area contributed by atoms with Gasteiger partial charge in [-0.05, 0) is 38.8 Å². The lowest BCUT2D eigenvalue weighted by Crippen LogP contribution is -2.42. The van der Waals surface area contributed by atoms with Gasteiger partial charge in [-0.3, -0.25) is 9.79 Å². The van der Waals surface area contributed by atoms with Crippen molar-refractivity contribution in [3.05, 3.63) is 35.4 Å². The normalized spacial score (nSPS) is 22.8. The van der Waals surface area contributed by atoms with Crippen LogP contribution in [0.15, 0.2) is 29.3 Å². The Morgan fingerprint density at radius 1 is 1.35 bits per heavy atom. The Bertz CT molecular complexity index is 653. The Labute approximate surface area is 156 Å². The van der Waals surface area contributed by atoms with Crippen molar-refractivity contribution >= 4 is 11.9 Å². The highest BCUT2D eigenvalue weighted by molar-refractivity contribution is 5.94. The molecule has 0 aromatic heterocycles. The van der Waals surface area contributed by atoms with Crippen LogP contribution in [0.25, 0.3) is 0 Å². The number of nitrogens with zero attached hydrogens (tertiary/aromatic N) is 2. The van der Waals surface area contributed by atoms with Gasteiger partial charge in [0.15, 0.2) is 5.96 Å². The number of amides is 1. The molecule has 2 heterocycles. The molecule has 1 aromatic rings. The highest BCUT2D eigenvalue weighted by atomic mass is 16.5. The lowest BCUT2D eigenvalue weighted by molar-refractivity contribution is 0.0954. The lowest BCUT2D eigenvalue weighted by Gasteiger charge is -2.25. The van der Waals surface area contributed by atoms with Crippen LogP contribution < -0.4 is 10.6 Å². The van der Waals surface area contributed by atoms with Crippen LogP contribution in [-0.2, 0) is 4.74 Å². The van der Waals surface area contributed by atoms with Crippen LogP contribution in [0.4, 0.5) is 0 Å². The van der Waals surface area contributed by atoms with E-state index in [1.807, 2.05) is 31.2 Å². The molecular weight excluding hydrogens is 328 g/mol. The minimum absolute atomic E-state index is 0.0443. The van der Waals surface area contributed by atoms with E-state index < -0.39 is 0 Å². The molecule has 26 heavy (non-hydrogen) atoms. The lowest BCUT2D eigenvalue weighted by atomic mass is 9.87. The Morgan fingerprint density at radius 2 is 2.23 bits per heavy atom. The van der Waals surface area contributed by atoms with Gasteiger partial charge < -0.3 is 20.3 Å². The molecule has 6 nitrogen and oxygen atoms in total. The summed E-state index contributed by atoms with van der Waals surface area (Å²) in [6, 6.07) is 7.63. The maximum absolute atomic E-state index is 12.2. The second-order valence-corrected chi connectivity index (χ2v) is 7.34. The Morgan fingerprint density at radius 3 is 2.96 bits per heavy atom. The molecule has 0 aliphatic carbocycles. The van der Waals surface area contributed by atoms with Gasteiger partial charge in [0.2, 0.25) is 0 Å². The molecule has 6 heteroatoms. The summed E-state index contributed by atoms with van der Waals surface area (Å²) in [5.41, 5.74) is 2.10. The number of aliphatic imine (C=N–C) groups is 1. The van der Waals surface area contributed by atoms with Gasteiger partial charge >= 0.3 is 0 Å². The first kappa shape index (κ1) is 18.7. The number of nitrogens with one attached hydrogen (secondary N) is 2. The van der Waals surface area contributed by atoms with E-state index in [1.54, 1.807) is 0 Å². The molecule has 0 saturated carbocycles. The number of guanidine groups is 1. The Hall–Kier alpha value is -2.08. The van der Waals surface area contributed by atoms with Crippen molar-refractivity contribution in [1.29, 1.82) is 0 Å². The van der Waals surface area contributed by atoms with E-state index in [4.69, 9.17) is 9.73 Å². The zero-order valence-electron chi connectivity index (χ0n) is 15.9. The van der Waals surface area contributed by atoms with Gasteiger partial charge in [-0.1, -0.05) is 17.7 Å². The van der Waals surface area contributed by atoms with Crippen molar-refractivity contribution in [2.24, 2.45) is 10.4 Å². The number of carbonyl (C=O) groups excluding carboxylic acids is 1. The number of hydrogen-bond donors (Lipinski definition) is 2. The summed E-state index contributed by atoms with van der Waals surface area (Å²) >= 11 is 0. The summed E-state index contributed by atoms with van der Waals surface area (Å²) in [4.78, 5) is 19.2. The van der Waals surface area contributed by atoms with E-state index in [0.29, 0.717) is 24.1 Å². The van der Waals surface area contributed by atoms with Gasteiger partial charge in [0.05, 0.1) is 13.2 Å². The summed E-state index contributed by atoms with van der Waals surface area (Å²) in [5, 5.41) is 6.33. The molecule has 2 fully saturated rings. The third kappa shape index (κ3) is 4.55. The van der Waals surface area contributed by atoms with Crippen LogP contribution in [0.2, 0.25) is 0 Å². The van der Waals surface area contributed by atoms with Gasteiger partial charge in [0.1, 0.15) is 0 Å². The maximum atomic E-state index is 12.2. The minimum atomic E-state index is -0.0443. The molecule has 142 valence electrons. The SMILES string of the molecule is CCNC(=NCCNC(=O)c1cccc(C)c1)N1CCC2(CCOC2)C1. The van der Waals surface area contributed by atoms with Crippen molar-refractivity contribution in [3.8, 4) is 0 Å². The molecule has 1 spiro atoms. The van der Waals surface area contributed by atoms with Crippen LogP contribution in [-0.4, -0.2) is 62.7 Å². The zero-order valence-corrected chi connectivity index (χ0v) is 15.9. The van der Waals surface area contributed by atoms with Gasteiger partial charge in [-0.25, -0.2) is 0 Å². The van der Waals surface area contributed by atoms with Gasteiger partial charge in [-0.15, -0.1) is 0 Å². The van der Waals surface area contributed by atoms with E-state index >= 15 is 0 Å². The molecular formula is C20H30N4O2. The van der Waals surface area contributed by atoms with Crippen LogP contribution in [0, 0.1) is 12.3 Å². The first-order valence-electron chi connectivity index (χ1n) is 9.58. The van der Waals surface area contributed by atoms with Crippen LogP contribution >= 0.6 is 0 Å². The molecule has 0 radical (unpaired) electrons. The third-order valence-corrected chi connectivity index (χ3v) is 5.20. The largest absolute Gasteiger partial charge is 0.381 e. The van der Waals surface area contributed by atoms with E-state index in [0.717, 1.165) is 50.8 Å². The van der Waals surface area contributed by atoms with Crippen molar-refractivity contribution in [2.75, 3.05) is 45.9 Å². The number of aryl methyl sites for hydroxylation is 1. The van der Waals surface area contributed by atoms with Crippen molar-refractivity contribution in [2.45, 2.75) is 26.7 Å². The van der Waals surface area contributed by atoms with Crippen LogP contribution in [0.5, 0.6) is 0 Å². The average molecular weight is 358 g/mol. The van der Waals surface area contributed by atoms with Gasteiger partial charge in [0.25, 0.3) is 5.91 Å². The molecule has 3 rings (SSSR count). The van der Waals surface area contributed by atoms with Crippen molar-refractivity contribution in [1.82, 2.24) is 15.5 Å². The van der Waals surface area contributed by atoms with Gasteiger partial charge in [0, 0.05) is 43.8 Å². The fraction of sp³-hybridized carbons (Fsp3) is 0.600. The highest BCUT2D eigenvalue weighted by Crippen LogP contribution is 2.38. The summed E-state index contributed by atoms with van der Waals surface area (Å²) in [6.45, 7) is 9.79. The molecule has 1 amide bonds. The summed E-state index contributed by atoms with van der Waals surface area (Å²) < 4.78 is 5.61. The van der Waals surface area contributed by atoms with E-state index in [9.17, 15) is 4.79 Å². The second kappa shape index (κ2) is 8.54. The molecule has 1 atom stereocenters. The monoisotopic (exact) mass is 358 g/mol. The van der Waals surface area contributed by atoms with Gasteiger partial charge in [-0.2, -0.15) is 0 Å². The van der Waals surface area contributed by atoms with Crippen molar-refractivity contribution in [3.63, 3.8) is 0 Å². The van der Waals surface area contributed by atoms with Crippen molar-refractivity contribution < 1.29 is 9.53 Å². The first-order chi connectivity index (χ1) is 12.6. The topological polar surface area (TPSA) is 66.0 Å². The molecule has 1 unspecified atom stereocenters. The number of benzene rings is 1. The average Bonchev–Trinajstić information content (AvgIpc) is 3.27. The second-order valence-electron chi connectivity index (χ2n) is 7.34. The third-order valence-electron chi connectivity index (χ3n) is 5.20. The molecule has 2 saturated heterocycles. The predicted octanol–water partition coefficient (Wildman–Crippen LogP) is 1.80. The first-order valence-corrected chi connectivity index (χ1v) is 9.58. The summed E-state index contributed by atoms with van der Waals surface area (Å²) in [5.74, 6) is 0.901. The fourth-order valence-electron chi connectivity index (χ4n) is 3.73. The number of hydrogen-bond acceptors (Lipinski definition) is 3. The molecule has 1 aromatic carbocycles. The Balaban J connectivity index is 1.51. The highest BCUT2D eigenvalue weighted by Gasteiger charge is 2.42. The van der Waals surface area contributed by atoms with Crippen LogP contribution in [0.1, 0.15) is 35.7 Å². The zero-order chi connectivity index (χ0) is 18.4. The number of ether oxygens (including phenoxy) is 1. The Kier molecular flexibility index (Phi) is 6.14. The standard InChI is InChI=1S/C20H30N4O2/c1-3-21-19(24-11-7-20(14-24)8-12-26-15-20)23-10-9-22-18(25)17-6-4-5-16(2)13-17/h4-6,13H,3,7-12,14-15H2,1-2H3,(H,21,23)(H,22,25). The van der Waals surface area contributed by atoms with E-state index in [-0.39, 0.29) is 5.91 Å². The molecule has 2 aliphatic heterocycles. The fourth-order valence-corrected chi connectivity index (χ4v) is 3.73. The summed E-state index contributed by atoms with van der Waals surface area (Å²) in [7, 11) is 0. The van der Waals surface area contributed by atoms with Crippen LogP contribution in [0.3, 0.4) is 0 Å². The maximum Gasteiger partial charge on any atom is 0.251 e. The summed E-state index contributed by atoms with van der Waals surface area (Å²) in [6.07, 6.45) is 2.32. The smallest absolute Gasteiger partial charge is 0.251 e.